The molecule has 0 aromatic rings. The summed E-state index contributed by atoms with van der Waals surface area (Å²) in [4.78, 5) is 0. The average Bonchev–Trinajstić information content (AvgIpc) is 2.20. The molecule has 1 saturated heterocycles. The number of hydrogen-bond acceptors (Lipinski definition) is 0. The Hall–Kier alpha value is 1.41. The van der Waals surface area contributed by atoms with Crippen molar-refractivity contribution in [3.63, 3.8) is 0 Å². The second-order valence-electron chi connectivity index (χ2n) is 3.46. The molecule has 13 heavy (non-hydrogen) atoms. The molecule has 1 rings (SSSR count). The quantitative estimate of drug-likeness (QED) is 0.600. The molecule has 2 N–H and O–H groups in total. The molecule has 82 valence electrons. The van der Waals surface area contributed by atoms with E-state index < -0.39 is 24.6 Å². The van der Waals surface area contributed by atoms with E-state index in [0.717, 1.165) is 0 Å². The molecule has 1 aliphatic rings. The third-order valence-electron chi connectivity index (χ3n) is 2.66. The molecule has 0 atom stereocenters. The molecular formula is C7H16Cl2N2PtSi. The van der Waals surface area contributed by atoms with Crippen LogP contribution in [0.2, 0.25) is 12.1 Å². The molecular weight excluding hydrogens is 406 g/mol. The van der Waals surface area contributed by atoms with Crippen LogP contribution in [0.4, 0.5) is 0 Å². The fourth-order valence-electron chi connectivity index (χ4n) is 1.72. The maximum atomic E-state index is 7.39. The van der Waals surface area contributed by atoms with Crippen molar-refractivity contribution in [2.45, 2.75) is 31.4 Å². The van der Waals surface area contributed by atoms with Gasteiger partial charge in [0.2, 0.25) is 0 Å². The normalized spacial score (nSPS) is 20.6. The minimum atomic E-state index is -1.30. The largest absolute Gasteiger partial charge is 0.680 e. The summed E-state index contributed by atoms with van der Waals surface area (Å²) < 4.78 is 0. The van der Waals surface area contributed by atoms with E-state index >= 15 is 0 Å². The third-order valence-corrected chi connectivity index (χ3v) is 6.99. The van der Waals surface area contributed by atoms with Crippen LogP contribution in [-0.4, -0.2) is 20.4 Å². The molecule has 0 amide bonds. The Morgan fingerprint density at radius 1 is 1.00 bits per heavy atom. The van der Waals surface area contributed by atoms with Gasteiger partial charge in [-0.3, -0.25) is 0 Å². The number of rotatable bonds is 2. The van der Waals surface area contributed by atoms with Gasteiger partial charge < -0.3 is 11.5 Å². The number of nitrogens with one attached hydrogen (secondary N) is 2. The van der Waals surface area contributed by atoms with Crippen LogP contribution in [0.25, 0.3) is 11.5 Å². The van der Waals surface area contributed by atoms with Crippen LogP contribution in [0.1, 0.15) is 19.3 Å². The first-order valence-corrected chi connectivity index (χ1v) is 12.8. The van der Waals surface area contributed by atoms with E-state index in [2.05, 4.69) is 0 Å². The SMILES string of the molecule is [Cl][Pt+2][Cl].[NH-]C[Si]1(C[NH-])CCCCC1. The Balaban J connectivity index is 0.000000424. The summed E-state index contributed by atoms with van der Waals surface area (Å²) in [7, 11) is 8.45. The summed E-state index contributed by atoms with van der Waals surface area (Å²) in [6, 6.07) is 2.53. The zero-order valence-electron chi connectivity index (χ0n) is 7.52. The van der Waals surface area contributed by atoms with Gasteiger partial charge in [0.25, 0.3) is 0 Å². The molecule has 2 nitrogen and oxygen atoms in total. The van der Waals surface area contributed by atoms with Crippen LogP contribution in [-0.2, 0) is 16.5 Å². The topological polar surface area (TPSA) is 47.6 Å². The van der Waals surface area contributed by atoms with Gasteiger partial charge in [-0.15, -0.1) is 0 Å². The summed E-state index contributed by atoms with van der Waals surface area (Å²) >= 11 is -0.472. The van der Waals surface area contributed by atoms with Crippen molar-refractivity contribution < 1.29 is 16.5 Å². The molecule has 0 aromatic heterocycles. The standard InChI is InChI=1S/C7H16N2Si.2ClH.Pt/c8-6-10(7-9)4-2-1-3-5-10;;;/h8-9H,1-7H2;2*1H;/q-2;;;+4/p-2. The van der Waals surface area contributed by atoms with Crippen molar-refractivity contribution >= 4 is 26.9 Å². The van der Waals surface area contributed by atoms with Gasteiger partial charge in [0.1, 0.15) is 0 Å². The first-order chi connectivity index (χ1) is 6.24. The average molecular weight is 422 g/mol. The van der Waals surface area contributed by atoms with Crippen molar-refractivity contribution in [3.05, 3.63) is 11.5 Å². The first-order valence-electron chi connectivity index (χ1n) is 4.36. The minimum absolute atomic E-state index is 0.472. The van der Waals surface area contributed by atoms with E-state index in [9.17, 15) is 0 Å². The van der Waals surface area contributed by atoms with Gasteiger partial charge in [-0.1, -0.05) is 31.4 Å². The molecule has 0 spiro atoms. The summed E-state index contributed by atoms with van der Waals surface area (Å²) in [5.74, 6) is 0. The molecule has 1 aliphatic heterocycles. The molecule has 0 aliphatic carbocycles. The molecule has 0 saturated carbocycles. The maximum Gasteiger partial charge on any atom is 0.0123 e. The van der Waals surface area contributed by atoms with Gasteiger partial charge in [0.15, 0.2) is 0 Å². The summed E-state index contributed by atoms with van der Waals surface area (Å²) in [6.45, 7) is 0. The second kappa shape index (κ2) is 8.69. The zero-order valence-corrected chi connectivity index (χ0v) is 12.3. The number of halogens is 2. The fourth-order valence-corrected chi connectivity index (χ4v) is 4.80. The van der Waals surface area contributed by atoms with Crippen LogP contribution in [0.3, 0.4) is 0 Å². The van der Waals surface area contributed by atoms with Gasteiger partial charge in [0.05, 0.1) is 0 Å². The van der Waals surface area contributed by atoms with Gasteiger partial charge in [-0.25, -0.2) is 0 Å². The monoisotopic (exact) mass is 421 g/mol. The van der Waals surface area contributed by atoms with Crippen LogP contribution >= 0.6 is 18.8 Å². The Morgan fingerprint density at radius 2 is 1.38 bits per heavy atom. The van der Waals surface area contributed by atoms with Crippen molar-refractivity contribution in [3.8, 4) is 0 Å². The Morgan fingerprint density at radius 3 is 1.62 bits per heavy atom. The van der Waals surface area contributed by atoms with E-state index in [1.54, 1.807) is 0 Å². The van der Waals surface area contributed by atoms with Crippen molar-refractivity contribution in [2.24, 2.45) is 0 Å². The van der Waals surface area contributed by atoms with E-state index in [1.165, 1.54) is 31.4 Å². The third kappa shape index (κ3) is 5.76. The molecule has 0 unspecified atom stereocenters. The second-order valence-corrected chi connectivity index (χ2v) is 11.4. The van der Waals surface area contributed by atoms with Crippen LogP contribution in [0.5, 0.6) is 0 Å². The van der Waals surface area contributed by atoms with E-state index in [-0.39, 0.29) is 0 Å². The maximum absolute atomic E-state index is 7.39. The smallest absolute Gasteiger partial charge is 0.0123 e. The van der Waals surface area contributed by atoms with Gasteiger partial charge in [-0.05, 0) is 0 Å². The van der Waals surface area contributed by atoms with Crippen LogP contribution in [0.15, 0.2) is 0 Å². The summed E-state index contributed by atoms with van der Waals surface area (Å²) in [5.41, 5.74) is 14.8. The van der Waals surface area contributed by atoms with E-state index in [1.807, 2.05) is 0 Å². The van der Waals surface area contributed by atoms with Gasteiger partial charge >= 0.3 is 35.3 Å². The predicted molar refractivity (Wildman–Crippen MR) is 59.3 cm³/mol. The molecule has 0 bridgehead atoms. The predicted octanol–water partition coefficient (Wildman–Crippen LogP) is 4.18. The molecule has 0 radical (unpaired) electrons. The van der Waals surface area contributed by atoms with Crippen LogP contribution < -0.4 is 0 Å². The summed E-state index contributed by atoms with van der Waals surface area (Å²) in [5, 5.41) is 0. The first kappa shape index (κ1) is 14.4. The molecule has 0 aromatic carbocycles. The zero-order chi connectivity index (χ0) is 10.2. The van der Waals surface area contributed by atoms with Crippen LogP contribution in [0, 0.1) is 0 Å². The Labute approximate surface area is 98.1 Å². The Kier molecular flexibility index (Phi) is 9.63. The summed E-state index contributed by atoms with van der Waals surface area (Å²) in [6.07, 6.45) is 5.19. The fraction of sp³-hybridized carbons (Fsp3) is 1.00. The van der Waals surface area contributed by atoms with E-state index in [0.29, 0.717) is 12.3 Å². The van der Waals surface area contributed by atoms with E-state index in [4.69, 9.17) is 30.3 Å². The minimum Gasteiger partial charge on any atom is -0.680 e. The molecule has 6 heteroatoms. The van der Waals surface area contributed by atoms with Gasteiger partial charge in [0, 0.05) is 8.07 Å². The van der Waals surface area contributed by atoms with Gasteiger partial charge in [-0.2, -0.15) is 12.3 Å². The Bertz CT molecular complexity index is 117. The molecule has 1 fully saturated rings. The molecule has 1 heterocycles. The van der Waals surface area contributed by atoms with Crippen molar-refractivity contribution in [1.82, 2.24) is 0 Å². The van der Waals surface area contributed by atoms with Crippen molar-refractivity contribution in [1.29, 1.82) is 0 Å². The number of hydrogen-bond donors (Lipinski definition) is 0. The van der Waals surface area contributed by atoms with Crippen molar-refractivity contribution in [2.75, 3.05) is 12.3 Å².